The van der Waals surface area contributed by atoms with Crippen LogP contribution >= 0.6 is 0 Å². The number of esters is 2. The highest BCUT2D eigenvalue weighted by molar-refractivity contribution is 6.07. The van der Waals surface area contributed by atoms with E-state index in [-0.39, 0.29) is 12.7 Å². The Morgan fingerprint density at radius 1 is 0.969 bits per heavy atom. The van der Waals surface area contributed by atoms with Crippen LogP contribution in [0, 0.1) is 0 Å². The Kier molecular flexibility index (Phi) is 11.3. The number of carbonyl (C=O) groups is 3. The van der Waals surface area contributed by atoms with Crippen molar-refractivity contribution in [3.63, 3.8) is 0 Å². The summed E-state index contributed by atoms with van der Waals surface area (Å²) in [5.41, 5.74) is -0.686. The smallest absolute Gasteiger partial charge is 0.359 e. The Morgan fingerprint density at radius 3 is 2.19 bits per heavy atom. The van der Waals surface area contributed by atoms with Gasteiger partial charge < -0.3 is 18.9 Å². The molecule has 0 spiro atoms. The van der Waals surface area contributed by atoms with Crippen LogP contribution in [0.25, 0.3) is 0 Å². The lowest BCUT2D eigenvalue weighted by Crippen LogP contribution is -2.51. The molecule has 1 rings (SSSR count). The van der Waals surface area contributed by atoms with Gasteiger partial charge in [-0.15, -0.1) is 0 Å². The third-order valence-electron chi connectivity index (χ3n) is 5.02. The fourth-order valence-electron chi connectivity index (χ4n) is 3.22. The second-order valence-corrected chi connectivity index (χ2v) is 9.43. The zero-order valence-corrected chi connectivity index (χ0v) is 20.7. The second-order valence-electron chi connectivity index (χ2n) is 9.43. The first kappa shape index (κ1) is 28.0. The van der Waals surface area contributed by atoms with Crippen LogP contribution in [0.4, 0.5) is 0 Å². The van der Waals surface area contributed by atoms with Crippen molar-refractivity contribution in [3.05, 3.63) is 23.3 Å². The number of hydrogen-bond acceptors (Lipinski definition) is 7. The van der Waals surface area contributed by atoms with E-state index in [2.05, 4.69) is 6.08 Å². The number of rotatable bonds is 11. The van der Waals surface area contributed by atoms with Crippen molar-refractivity contribution in [2.24, 2.45) is 0 Å². The van der Waals surface area contributed by atoms with Gasteiger partial charge in [0.25, 0.3) is 5.60 Å². The number of allylic oxidation sites excluding steroid dienone is 2. The van der Waals surface area contributed by atoms with Crippen molar-refractivity contribution in [1.82, 2.24) is 0 Å². The maximum atomic E-state index is 12.8. The number of ether oxygens (including phenoxy) is 4. The van der Waals surface area contributed by atoms with Gasteiger partial charge in [0.05, 0.1) is 6.61 Å². The van der Waals surface area contributed by atoms with Crippen molar-refractivity contribution in [2.75, 3.05) is 13.2 Å². The first-order chi connectivity index (χ1) is 14.9. The standard InChI is InChI=1S/C25H40O7/c1-18(11-10-12-19(2)17-30-22-13-8-9-16-29-22)14-15-25(20(3)26,31-21(4)27)23(28)32-24(5,6)7/h12,14,22H,8-11,13,15-17H2,1-7H3/b18-14-,19-12+. The van der Waals surface area contributed by atoms with Gasteiger partial charge in [-0.05, 0) is 73.6 Å². The molecule has 7 nitrogen and oxygen atoms in total. The van der Waals surface area contributed by atoms with Crippen molar-refractivity contribution in [1.29, 1.82) is 0 Å². The Bertz CT molecular complexity index is 708. The normalized spacial score (nSPS) is 19.8. The number of ketones is 1. The van der Waals surface area contributed by atoms with Gasteiger partial charge >= 0.3 is 11.9 Å². The zero-order chi connectivity index (χ0) is 24.4. The highest BCUT2D eigenvalue weighted by Gasteiger charge is 2.49. The van der Waals surface area contributed by atoms with Gasteiger partial charge in [-0.2, -0.15) is 0 Å². The minimum atomic E-state index is -1.97. The molecule has 0 aromatic carbocycles. The Hall–Kier alpha value is -1.99. The maximum Gasteiger partial charge on any atom is 0.359 e. The number of Topliss-reactive ketones (excluding diaryl/α,β-unsaturated/α-hetero) is 1. The van der Waals surface area contributed by atoms with Crippen molar-refractivity contribution < 1.29 is 33.3 Å². The van der Waals surface area contributed by atoms with Gasteiger partial charge in [-0.1, -0.05) is 23.3 Å². The minimum absolute atomic E-state index is 0.0620. The molecule has 1 saturated heterocycles. The predicted molar refractivity (Wildman–Crippen MR) is 122 cm³/mol. The molecule has 182 valence electrons. The molecular formula is C25H40O7. The molecule has 0 aromatic rings. The van der Waals surface area contributed by atoms with E-state index in [0.29, 0.717) is 6.61 Å². The van der Waals surface area contributed by atoms with Gasteiger partial charge in [-0.3, -0.25) is 9.59 Å². The molecule has 0 N–H and O–H groups in total. The van der Waals surface area contributed by atoms with Crippen molar-refractivity contribution in [3.8, 4) is 0 Å². The van der Waals surface area contributed by atoms with E-state index in [9.17, 15) is 14.4 Å². The summed E-state index contributed by atoms with van der Waals surface area (Å²) in [6, 6.07) is 0. The predicted octanol–water partition coefficient (Wildman–Crippen LogP) is 4.83. The Morgan fingerprint density at radius 2 is 1.66 bits per heavy atom. The molecule has 7 heteroatoms. The molecule has 0 saturated carbocycles. The molecule has 0 amide bonds. The molecule has 1 heterocycles. The summed E-state index contributed by atoms with van der Waals surface area (Å²) in [4.78, 5) is 36.9. The van der Waals surface area contributed by atoms with Gasteiger partial charge in [0.15, 0.2) is 12.1 Å². The van der Waals surface area contributed by atoms with E-state index in [1.54, 1.807) is 26.8 Å². The maximum absolute atomic E-state index is 12.8. The lowest BCUT2D eigenvalue weighted by molar-refractivity contribution is -0.191. The first-order valence-corrected chi connectivity index (χ1v) is 11.3. The van der Waals surface area contributed by atoms with Crippen LogP contribution in [0.3, 0.4) is 0 Å². The molecule has 2 unspecified atom stereocenters. The fraction of sp³-hybridized carbons (Fsp3) is 0.720. The van der Waals surface area contributed by atoms with Crippen LogP contribution in [0.2, 0.25) is 0 Å². The van der Waals surface area contributed by atoms with Crippen LogP contribution in [0.5, 0.6) is 0 Å². The molecule has 1 aliphatic heterocycles. The highest BCUT2D eigenvalue weighted by atomic mass is 16.7. The van der Waals surface area contributed by atoms with Crippen molar-refractivity contribution >= 4 is 17.7 Å². The first-order valence-electron chi connectivity index (χ1n) is 11.3. The summed E-state index contributed by atoms with van der Waals surface area (Å²) in [6.07, 6.45) is 8.40. The topological polar surface area (TPSA) is 88.1 Å². The van der Waals surface area contributed by atoms with Gasteiger partial charge in [0.2, 0.25) is 0 Å². The summed E-state index contributed by atoms with van der Waals surface area (Å²) in [7, 11) is 0. The van der Waals surface area contributed by atoms with E-state index < -0.39 is 28.9 Å². The molecular weight excluding hydrogens is 412 g/mol. The molecule has 0 aromatic heterocycles. The van der Waals surface area contributed by atoms with Crippen LogP contribution < -0.4 is 0 Å². The SMILES string of the molecule is CC(=O)OC(C/C=C(/C)CC/C=C(\C)COC1CCCCO1)(C(C)=O)C(=O)OC(C)(C)C. The Labute approximate surface area is 192 Å². The lowest BCUT2D eigenvalue weighted by Gasteiger charge is -2.31. The average molecular weight is 453 g/mol. The molecule has 0 radical (unpaired) electrons. The van der Waals surface area contributed by atoms with Crippen LogP contribution in [0.1, 0.15) is 87.0 Å². The lowest BCUT2D eigenvalue weighted by atomic mass is 9.92. The molecule has 2 atom stereocenters. The van der Waals surface area contributed by atoms with E-state index in [1.807, 2.05) is 13.8 Å². The van der Waals surface area contributed by atoms with Crippen LogP contribution in [-0.4, -0.2) is 48.4 Å². The van der Waals surface area contributed by atoms with Crippen LogP contribution in [0.15, 0.2) is 23.3 Å². The zero-order valence-electron chi connectivity index (χ0n) is 20.7. The summed E-state index contributed by atoms with van der Waals surface area (Å²) in [5.74, 6) is -2.13. The largest absolute Gasteiger partial charge is 0.457 e. The molecule has 1 fully saturated rings. The third kappa shape index (κ3) is 10.1. The van der Waals surface area contributed by atoms with Crippen LogP contribution in [-0.2, 0) is 33.3 Å². The van der Waals surface area contributed by atoms with Gasteiger partial charge in [-0.25, -0.2) is 4.79 Å². The second kappa shape index (κ2) is 12.9. The summed E-state index contributed by atoms with van der Waals surface area (Å²) in [5, 5.41) is 0. The summed E-state index contributed by atoms with van der Waals surface area (Å²) >= 11 is 0. The summed E-state index contributed by atoms with van der Waals surface area (Å²) < 4.78 is 22.0. The molecule has 0 aliphatic carbocycles. The minimum Gasteiger partial charge on any atom is -0.457 e. The van der Waals surface area contributed by atoms with E-state index in [0.717, 1.165) is 49.9 Å². The number of hydrogen-bond donors (Lipinski definition) is 0. The van der Waals surface area contributed by atoms with Gasteiger partial charge in [0.1, 0.15) is 5.60 Å². The number of carbonyl (C=O) groups excluding carboxylic acids is 3. The van der Waals surface area contributed by atoms with E-state index >= 15 is 0 Å². The molecule has 1 aliphatic rings. The molecule has 32 heavy (non-hydrogen) atoms. The highest BCUT2D eigenvalue weighted by Crippen LogP contribution is 2.26. The monoisotopic (exact) mass is 452 g/mol. The van der Waals surface area contributed by atoms with Gasteiger partial charge in [0, 0.05) is 20.0 Å². The summed E-state index contributed by atoms with van der Waals surface area (Å²) in [6.45, 7) is 12.7. The quantitative estimate of drug-likeness (QED) is 0.252. The third-order valence-corrected chi connectivity index (χ3v) is 5.02. The van der Waals surface area contributed by atoms with E-state index in [1.165, 1.54) is 13.8 Å². The molecule has 0 bridgehead atoms. The fourth-order valence-corrected chi connectivity index (χ4v) is 3.22. The van der Waals surface area contributed by atoms with Crippen molar-refractivity contribution in [2.45, 2.75) is 104 Å². The Balaban J connectivity index is 2.72. The van der Waals surface area contributed by atoms with E-state index in [4.69, 9.17) is 18.9 Å². The average Bonchev–Trinajstić information content (AvgIpc) is 2.68.